The van der Waals surface area contributed by atoms with Crippen molar-refractivity contribution in [2.75, 3.05) is 230 Å². The number of ether oxygens (including phenoxy) is 1. The second-order valence-corrected chi connectivity index (χ2v) is 40.9. The molecule has 3 atom stereocenters. The van der Waals surface area contributed by atoms with Gasteiger partial charge in [-0.15, -0.1) is 0 Å². The second kappa shape index (κ2) is 96.5. The summed E-state index contributed by atoms with van der Waals surface area (Å²) in [6, 6.07) is -2.99. The molecule has 34 nitrogen and oxygen atoms in total. The van der Waals surface area contributed by atoms with Crippen LogP contribution in [-0.4, -0.2) is 313 Å². The van der Waals surface area contributed by atoms with Gasteiger partial charge >= 0.3 is 5.97 Å². The Hall–Kier alpha value is -3.51. The van der Waals surface area contributed by atoms with E-state index in [1.807, 2.05) is 0 Å². The first-order chi connectivity index (χ1) is 61.1. The van der Waals surface area contributed by atoms with Crippen LogP contribution >= 0.6 is 86.4 Å². The maximum atomic E-state index is 14.2. The quantitative estimate of drug-likeness (QED) is 0.0236. The molecule has 0 rings (SSSR count). The topological polar surface area (TPSA) is 518 Å². The van der Waals surface area contributed by atoms with E-state index < -0.39 is 35.9 Å². The number of carbonyl (C=O) groups excluding carboxylic acids is 11. The molecule has 0 saturated heterocycles. The molecule has 0 aromatic heterocycles. The average molecular weight is 1920 g/mol. The Morgan fingerprint density at radius 2 is 0.408 bits per heavy atom. The predicted octanol–water partition coefficient (Wildman–Crippen LogP) is 3.38. The highest BCUT2D eigenvalue weighted by Gasteiger charge is 2.28. The van der Waals surface area contributed by atoms with Crippen molar-refractivity contribution in [2.24, 2.45) is 22.9 Å². The number of hydrogen-bond acceptors (Lipinski definition) is 32. The van der Waals surface area contributed by atoms with E-state index in [9.17, 15) is 52.7 Å². The van der Waals surface area contributed by atoms with Crippen molar-refractivity contribution in [3.63, 3.8) is 0 Å². The summed E-state index contributed by atoms with van der Waals surface area (Å²) < 4.78 is 5.14. The molecule has 0 spiro atoms. The number of amides is 10. The molecule has 0 aliphatic rings. The minimum absolute atomic E-state index is 0.00389. The summed E-state index contributed by atoms with van der Waals surface area (Å²) in [5, 5.41) is 56.6. The number of hydrogen-bond donors (Lipinski definition) is 22. The molecule has 3 unspecified atom stereocenters. The van der Waals surface area contributed by atoms with Gasteiger partial charge in [-0.05, 0) is 291 Å². The number of esters is 1. The normalized spacial score (nSPS) is 11.9. The molecule has 26 N–H and O–H groups in total. The zero-order valence-electron chi connectivity index (χ0n) is 75.8. The summed E-state index contributed by atoms with van der Waals surface area (Å²) in [5.41, 5.74) is 22.2. The minimum atomic E-state index is -1.09. The molecule has 0 heterocycles. The van der Waals surface area contributed by atoms with Crippen molar-refractivity contribution in [3.05, 3.63) is 0 Å². The predicted molar refractivity (Wildman–Crippen MR) is 530 cm³/mol. The molecule has 0 aromatic carbocycles. The summed E-state index contributed by atoms with van der Waals surface area (Å²) in [5.74, 6) is 1.78. The van der Waals surface area contributed by atoms with Crippen molar-refractivity contribution >= 4 is 151 Å². The molecule has 0 aliphatic carbocycles. The summed E-state index contributed by atoms with van der Waals surface area (Å²) in [6.07, 6.45) is 21.7. The van der Waals surface area contributed by atoms with E-state index >= 15 is 0 Å². The van der Waals surface area contributed by atoms with Gasteiger partial charge in [-0.25, -0.2) is 4.79 Å². The van der Waals surface area contributed by atoms with Crippen LogP contribution in [0, 0.1) is 0 Å². The van der Waals surface area contributed by atoms with Crippen molar-refractivity contribution in [2.45, 2.75) is 230 Å². The maximum absolute atomic E-state index is 14.2. The highest BCUT2D eigenvalue weighted by molar-refractivity contribution is 8.77. The standard InChI is InChI=1S/C83H168N22O12S8/c1-117-83(116)72(105-82(115)71(104-80(113)34-69-125-123-67-32-78(111)101-61-23-54-95-46-15-11-42-91-50-19-38-87)25-3-6-56-97-74(107)28-63-119-121-65-30-76(109)99-59-21-52-93-44-13-9-40-89-48-17-36-85)26-4-7-57-102-81(114)70(103-79(112)33-68-124-122-66-31-77(110)100-60-22-53-94-45-14-10-41-90-49-18-37-86)24-2-5-55-96-73(106)27-62-118-120-64-29-75(108)98-58-20-51-92-43-12-8-39-88-47-16-35-84/h70-72,88-95H,2-69,84-87H2,1H3,(H,96,106)(H,97,107)(H,98,108)(H,99,109)(H,100,110)(H,101,111)(H,102,114)(H,103,112)(H,104,113)(H,105,115). The van der Waals surface area contributed by atoms with Gasteiger partial charge in [0.2, 0.25) is 59.1 Å². The fourth-order valence-electron chi connectivity index (χ4n) is 11.7. The summed E-state index contributed by atoms with van der Waals surface area (Å²) in [7, 11) is 13.4. The first-order valence-corrected chi connectivity index (χ1v) is 56.3. The van der Waals surface area contributed by atoms with E-state index in [0.29, 0.717) is 189 Å². The van der Waals surface area contributed by atoms with E-state index in [1.54, 1.807) is 32.4 Å². The molecule has 0 bridgehead atoms. The molecule has 0 saturated carbocycles. The van der Waals surface area contributed by atoms with Gasteiger partial charge in [-0.2, -0.15) is 0 Å². The van der Waals surface area contributed by atoms with Crippen LogP contribution in [-0.2, 0) is 57.5 Å². The van der Waals surface area contributed by atoms with Gasteiger partial charge < -0.3 is 123 Å². The number of carbonyl (C=O) groups is 11. The SMILES string of the molecule is COC(=O)C(CCCCNC(=O)C(CCCCNC(=O)CCSSCCC(=O)NCCCNCCCCNCCCN)NC(=O)CCSSCCC(=O)NCCCNCCCCNCCCN)NC(=O)C(CCCCNC(=O)CCSSCCC(=O)NCCCNCCCCNCCCN)NC(=O)CCSSCCC(=O)NCCCNCCCCNCCCN. The van der Waals surface area contributed by atoms with Gasteiger partial charge in [0.05, 0.1) is 7.11 Å². The largest absolute Gasteiger partial charge is 0.467 e. The van der Waals surface area contributed by atoms with Crippen LogP contribution in [0.25, 0.3) is 0 Å². The minimum Gasteiger partial charge on any atom is -0.467 e. The molecule has 730 valence electrons. The van der Waals surface area contributed by atoms with Crippen LogP contribution in [0.1, 0.15) is 212 Å². The van der Waals surface area contributed by atoms with Crippen molar-refractivity contribution in [1.82, 2.24) is 95.7 Å². The molecular weight excluding hydrogens is 1750 g/mol. The third-order valence-corrected chi connectivity index (χ3v) is 28.5. The summed E-state index contributed by atoms with van der Waals surface area (Å²) >= 11 is 0. The first-order valence-electron chi connectivity index (χ1n) is 46.4. The Morgan fingerprint density at radius 1 is 0.216 bits per heavy atom. The Bertz CT molecular complexity index is 2650. The molecule has 0 radical (unpaired) electrons. The Labute approximate surface area is 781 Å². The molecule has 0 aliphatic heterocycles. The van der Waals surface area contributed by atoms with E-state index in [-0.39, 0.29) is 85.9 Å². The highest BCUT2D eigenvalue weighted by Crippen LogP contribution is 2.26. The smallest absolute Gasteiger partial charge is 0.328 e. The molecular formula is C83H168N22O12S8. The maximum Gasteiger partial charge on any atom is 0.328 e. The number of unbranched alkanes of at least 4 members (excludes halogenated alkanes) is 7. The van der Waals surface area contributed by atoms with Crippen LogP contribution in [0.4, 0.5) is 0 Å². The van der Waals surface area contributed by atoms with E-state index in [1.165, 1.54) is 61.1 Å². The van der Waals surface area contributed by atoms with Gasteiger partial charge in [0, 0.05) is 143 Å². The fraction of sp³-hybridized carbons (Fsp3) is 0.867. The van der Waals surface area contributed by atoms with Gasteiger partial charge in [-0.3, -0.25) is 47.9 Å². The molecule has 42 heteroatoms. The molecule has 0 fully saturated rings. The average Bonchev–Trinajstić information content (AvgIpc) is 0.891. The molecule has 0 aromatic rings. The van der Waals surface area contributed by atoms with Gasteiger partial charge in [0.1, 0.15) is 18.1 Å². The zero-order valence-corrected chi connectivity index (χ0v) is 82.3. The van der Waals surface area contributed by atoms with Crippen LogP contribution in [0.5, 0.6) is 0 Å². The number of rotatable bonds is 97. The fourth-order valence-corrected chi connectivity index (χ4v) is 19.6. The van der Waals surface area contributed by atoms with Crippen LogP contribution < -0.4 is 119 Å². The second-order valence-electron chi connectivity index (χ2n) is 30.1. The van der Waals surface area contributed by atoms with E-state index in [4.69, 9.17) is 27.7 Å². The number of nitrogens with two attached hydrogens (primary N) is 4. The first kappa shape index (κ1) is 121. The zero-order chi connectivity index (χ0) is 91.3. The van der Waals surface area contributed by atoms with Crippen LogP contribution in [0.2, 0.25) is 0 Å². The number of nitrogens with one attached hydrogen (secondary N) is 18. The van der Waals surface area contributed by atoms with Gasteiger partial charge in [-0.1, -0.05) is 86.4 Å². The summed E-state index contributed by atoms with van der Waals surface area (Å²) in [4.78, 5) is 144. The lowest BCUT2D eigenvalue weighted by Crippen LogP contribution is -2.52. The third-order valence-electron chi connectivity index (χ3n) is 18.9. The van der Waals surface area contributed by atoms with Gasteiger partial charge in [0.15, 0.2) is 0 Å². The van der Waals surface area contributed by atoms with Crippen LogP contribution in [0.3, 0.4) is 0 Å². The van der Waals surface area contributed by atoms with Crippen molar-refractivity contribution in [3.8, 4) is 0 Å². The third kappa shape index (κ3) is 88.2. The monoisotopic (exact) mass is 1920 g/mol. The molecule has 125 heavy (non-hydrogen) atoms. The Kier molecular flexibility index (Phi) is 93.8. The van der Waals surface area contributed by atoms with E-state index in [0.717, 1.165) is 207 Å². The van der Waals surface area contributed by atoms with Crippen molar-refractivity contribution < 1.29 is 57.5 Å². The number of methoxy groups -OCH3 is 1. The van der Waals surface area contributed by atoms with E-state index in [2.05, 4.69) is 95.7 Å². The van der Waals surface area contributed by atoms with Crippen molar-refractivity contribution in [1.29, 1.82) is 0 Å². The highest BCUT2D eigenvalue weighted by atomic mass is 33.1. The van der Waals surface area contributed by atoms with Crippen LogP contribution in [0.15, 0.2) is 0 Å². The summed E-state index contributed by atoms with van der Waals surface area (Å²) in [6.45, 7) is 20.9. The lowest BCUT2D eigenvalue weighted by atomic mass is 10.1. The molecule has 10 amide bonds. The lowest BCUT2D eigenvalue weighted by Gasteiger charge is -2.22. The van der Waals surface area contributed by atoms with Gasteiger partial charge in [0.25, 0.3) is 0 Å². The Balaban J connectivity index is 5.56. The Morgan fingerprint density at radius 3 is 0.648 bits per heavy atom. The lowest BCUT2D eigenvalue weighted by molar-refractivity contribution is -0.145.